The zero-order valence-electron chi connectivity index (χ0n) is 8.71. The number of nitrogens with zero attached hydrogens (tertiary/aromatic N) is 2. The van der Waals surface area contributed by atoms with Gasteiger partial charge in [0.1, 0.15) is 0 Å². The minimum absolute atomic E-state index is 0.0602. The molecule has 2 heterocycles. The molecule has 0 N–H and O–H groups in total. The van der Waals surface area contributed by atoms with Crippen LogP contribution in [-0.4, -0.2) is 35.4 Å². The standard InChI is InChI=1S/C12H11F2N2/c13-12(14)5-8-16(10-12)7-2-4-11-3-1-6-15-9-11/h3,6,9H,5,7-8,10H2. The number of alkyl halides is 2. The van der Waals surface area contributed by atoms with E-state index in [-0.39, 0.29) is 13.0 Å². The molecular formula is C12H11F2N2. The molecule has 0 spiro atoms. The Balaban J connectivity index is 1.87. The minimum atomic E-state index is -2.54. The van der Waals surface area contributed by atoms with Crippen LogP contribution < -0.4 is 0 Å². The first-order chi connectivity index (χ1) is 7.66. The van der Waals surface area contributed by atoms with E-state index in [4.69, 9.17) is 0 Å². The summed E-state index contributed by atoms with van der Waals surface area (Å²) in [5.74, 6) is 3.19. The highest BCUT2D eigenvalue weighted by molar-refractivity contribution is 5.31. The summed E-state index contributed by atoms with van der Waals surface area (Å²) >= 11 is 0. The van der Waals surface area contributed by atoms with Crippen molar-refractivity contribution < 1.29 is 8.78 Å². The Bertz CT molecular complexity index is 406. The summed E-state index contributed by atoms with van der Waals surface area (Å²) in [4.78, 5) is 5.53. The number of aromatic nitrogens is 1. The Morgan fingerprint density at radius 3 is 3.06 bits per heavy atom. The molecule has 2 rings (SSSR count). The van der Waals surface area contributed by atoms with E-state index < -0.39 is 5.92 Å². The molecule has 4 heteroatoms. The SMILES string of the molecule is FC1(F)CCN(CC#Cc2c[c]cnc2)C1. The van der Waals surface area contributed by atoms with Gasteiger partial charge in [0.05, 0.1) is 13.1 Å². The van der Waals surface area contributed by atoms with Crippen LogP contribution in [-0.2, 0) is 0 Å². The molecule has 0 bridgehead atoms. The highest BCUT2D eigenvalue weighted by Crippen LogP contribution is 2.26. The quantitative estimate of drug-likeness (QED) is 0.669. The average Bonchev–Trinajstić information content (AvgIpc) is 2.60. The second-order valence-corrected chi connectivity index (χ2v) is 3.79. The van der Waals surface area contributed by atoms with E-state index in [0.29, 0.717) is 13.1 Å². The van der Waals surface area contributed by atoms with Gasteiger partial charge in [-0.2, -0.15) is 0 Å². The van der Waals surface area contributed by atoms with Crippen LogP contribution in [0.5, 0.6) is 0 Å². The zero-order chi connectivity index (χ0) is 11.4. The molecule has 0 atom stereocenters. The van der Waals surface area contributed by atoms with Crippen molar-refractivity contribution in [1.82, 2.24) is 9.88 Å². The van der Waals surface area contributed by atoms with Crippen LogP contribution >= 0.6 is 0 Å². The van der Waals surface area contributed by atoms with Crippen LogP contribution in [0.1, 0.15) is 12.0 Å². The van der Waals surface area contributed by atoms with Gasteiger partial charge in [0.15, 0.2) is 0 Å². The Morgan fingerprint density at radius 2 is 2.44 bits per heavy atom. The van der Waals surface area contributed by atoms with Gasteiger partial charge in [-0.05, 0) is 6.07 Å². The fraction of sp³-hybridized carbons (Fsp3) is 0.417. The second kappa shape index (κ2) is 4.58. The van der Waals surface area contributed by atoms with E-state index >= 15 is 0 Å². The second-order valence-electron chi connectivity index (χ2n) is 3.79. The van der Waals surface area contributed by atoms with Crippen LogP contribution in [0, 0.1) is 17.9 Å². The number of rotatable bonds is 1. The molecule has 1 aliphatic rings. The smallest absolute Gasteiger partial charge is 0.261 e. The number of likely N-dealkylation sites (tertiary alicyclic amines) is 1. The predicted molar refractivity (Wildman–Crippen MR) is 56.0 cm³/mol. The summed E-state index contributed by atoms with van der Waals surface area (Å²) in [5, 5.41) is 0. The molecule has 16 heavy (non-hydrogen) atoms. The molecule has 0 aliphatic carbocycles. The predicted octanol–water partition coefficient (Wildman–Crippen LogP) is 1.57. The fourth-order valence-electron chi connectivity index (χ4n) is 1.59. The van der Waals surface area contributed by atoms with Crippen LogP contribution in [0.3, 0.4) is 0 Å². The third-order valence-electron chi connectivity index (χ3n) is 2.39. The first-order valence-electron chi connectivity index (χ1n) is 5.06. The Kier molecular flexibility index (Phi) is 3.16. The number of hydrogen-bond acceptors (Lipinski definition) is 2. The van der Waals surface area contributed by atoms with Gasteiger partial charge in [-0.3, -0.25) is 9.88 Å². The maximum atomic E-state index is 12.8. The van der Waals surface area contributed by atoms with Crippen LogP contribution in [0.15, 0.2) is 18.5 Å². The van der Waals surface area contributed by atoms with Crippen molar-refractivity contribution in [3.63, 3.8) is 0 Å². The topological polar surface area (TPSA) is 16.1 Å². The van der Waals surface area contributed by atoms with E-state index in [1.807, 2.05) is 0 Å². The molecule has 1 fully saturated rings. The van der Waals surface area contributed by atoms with Gasteiger partial charge in [0.2, 0.25) is 0 Å². The molecule has 1 aromatic heterocycles. The summed E-state index contributed by atoms with van der Waals surface area (Å²) in [6.07, 6.45) is 3.11. The van der Waals surface area contributed by atoms with Crippen LogP contribution in [0.25, 0.3) is 0 Å². The van der Waals surface area contributed by atoms with Gasteiger partial charge in [-0.15, -0.1) is 0 Å². The van der Waals surface area contributed by atoms with E-state index in [9.17, 15) is 8.78 Å². The molecule has 1 saturated heterocycles. The van der Waals surface area contributed by atoms with Gasteiger partial charge in [-0.25, -0.2) is 8.78 Å². The van der Waals surface area contributed by atoms with Crippen molar-refractivity contribution in [3.05, 3.63) is 30.1 Å². The van der Waals surface area contributed by atoms with E-state index in [1.54, 1.807) is 23.4 Å². The summed E-state index contributed by atoms with van der Waals surface area (Å²) in [6.45, 7) is 0.617. The van der Waals surface area contributed by atoms with Crippen molar-refractivity contribution >= 4 is 0 Å². The minimum Gasteiger partial charge on any atom is -0.286 e. The van der Waals surface area contributed by atoms with E-state index in [1.165, 1.54) is 0 Å². The lowest BCUT2D eigenvalue weighted by atomic mass is 10.3. The van der Waals surface area contributed by atoms with Gasteiger partial charge < -0.3 is 0 Å². The molecular weight excluding hydrogens is 210 g/mol. The fourth-order valence-corrected chi connectivity index (χ4v) is 1.59. The highest BCUT2D eigenvalue weighted by Gasteiger charge is 2.37. The Hall–Kier alpha value is -1.47. The first kappa shape index (κ1) is 11.0. The van der Waals surface area contributed by atoms with Crippen LogP contribution in [0.4, 0.5) is 8.78 Å². The maximum Gasteiger partial charge on any atom is 0.261 e. The van der Waals surface area contributed by atoms with Crippen molar-refractivity contribution in [2.45, 2.75) is 12.3 Å². The summed E-state index contributed by atoms with van der Waals surface area (Å²) in [7, 11) is 0. The van der Waals surface area contributed by atoms with Gasteiger partial charge in [-0.1, -0.05) is 11.8 Å². The number of hydrogen-bond donors (Lipinski definition) is 0. The molecule has 0 unspecified atom stereocenters. The number of pyridine rings is 1. The number of halogens is 2. The molecule has 1 radical (unpaired) electrons. The zero-order valence-corrected chi connectivity index (χ0v) is 8.71. The molecule has 2 nitrogen and oxygen atoms in total. The lowest BCUT2D eigenvalue weighted by Gasteiger charge is -2.10. The lowest BCUT2D eigenvalue weighted by Crippen LogP contribution is -2.25. The van der Waals surface area contributed by atoms with E-state index in [2.05, 4.69) is 22.9 Å². The van der Waals surface area contributed by atoms with Crippen molar-refractivity contribution in [2.24, 2.45) is 0 Å². The van der Waals surface area contributed by atoms with Crippen molar-refractivity contribution in [2.75, 3.05) is 19.6 Å². The highest BCUT2D eigenvalue weighted by atomic mass is 19.3. The Morgan fingerprint density at radius 1 is 1.56 bits per heavy atom. The molecule has 0 amide bonds. The lowest BCUT2D eigenvalue weighted by molar-refractivity contribution is 0.0135. The molecule has 1 aromatic rings. The Labute approximate surface area is 93.3 Å². The van der Waals surface area contributed by atoms with E-state index in [0.717, 1.165) is 5.56 Å². The van der Waals surface area contributed by atoms with Crippen molar-refractivity contribution in [1.29, 1.82) is 0 Å². The largest absolute Gasteiger partial charge is 0.286 e. The van der Waals surface area contributed by atoms with Crippen LogP contribution in [0.2, 0.25) is 0 Å². The summed E-state index contributed by atoms with van der Waals surface area (Å²) in [5.41, 5.74) is 0.758. The average molecular weight is 221 g/mol. The molecule has 0 saturated carbocycles. The first-order valence-corrected chi connectivity index (χ1v) is 5.06. The van der Waals surface area contributed by atoms with Gasteiger partial charge >= 0.3 is 0 Å². The van der Waals surface area contributed by atoms with Crippen molar-refractivity contribution in [3.8, 4) is 11.8 Å². The monoisotopic (exact) mass is 221 g/mol. The van der Waals surface area contributed by atoms with Gasteiger partial charge in [0, 0.05) is 37.0 Å². The van der Waals surface area contributed by atoms with Gasteiger partial charge in [0.25, 0.3) is 5.92 Å². The summed E-state index contributed by atoms with van der Waals surface area (Å²) < 4.78 is 25.7. The third-order valence-corrected chi connectivity index (χ3v) is 2.39. The summed E-state index contributed by atoms with van der Waals surface area (Å²) in [6, 6.07) is 4.53. The normalized spacial score (nSPS) is 19.1. The molecule has 83 valence electrons. The molecule has 0 aromatic carbocycles. The maximum absolute atomic E-state index is 12.8. The molecule has 1 aliphatic heterocycles. The third kappa shape index (κ3) is 3.01.